The molecule has 170 valence electrons. The molecule has 0 aliphatic carbocycles. The summed E-state index contributed by atoms with van der Waals surface area (Å²) in [6.45, 7) is 0.241. The molecule has 0 bridgehead atoms. The molecule has 2 aromatic carbocycles. The lowest BCUT2D eigenvalue weighted by molar-refractivity contribution is -0.140. The molecule has 0 radical (unpaired) electrons. The maximum absolute atomic E-state index is 13.2. The predicted octanol–water partition coefficient (Wildman–Crippen LogP) is 4.40. The van der Waals surface area contributed by atoms with Crippen LogP contribution >= 0.6 is 11.3 Å². The quantitative estimate of drug-likeness (QED) is 0.316. The topological polar surface area (TPSA) is 85.3 Å². The number of likely N-dealkylation sites (tertiary alicyclic amines) is 1. The van der Waals surface area contributed by atoms with E-state index in [1.807, 2.05) is 17.5 Å². The lowest BCUT2D eigenvalue weighted by Crippen LogP contribution is -2.28. The lowest BCUT2D eigenvalue weighted by atomic mass is 9.95. The van der Waals surface area contributed by atoms with Crippen LogP contribution in [0.4, 0.5) is 0 Å². The predicted molar refractivity (Wildman–Crippen MR) is 125 cm³/mol. The van der Waals surface area contributed by atoms with Gasteiger partial charge in [-0.05, 0) is 47.3 Å². The minimum absolute atomic E-state index is 0.00623. The number of hydrogen-bond acceptors (Lipinski definition) is 7. The Morgan fingerprint density at radius 2 is 1.67 bits per heavy atom. The number of methoxy groups -OCH3 is 3. The maximum atomic E-state index is 13.2. The lowest BCUT2D eigenvalue weighted by Gasteiger charge is -2.25. The molecular formula is C25H23NO6S. The van der Waals surface area contributed by atoms with Gasteiger partial charge in [0.1, 0.15) is 23.0 Å². The van der Waals surface area contributed by atoms with E-state index in [1.54, 1.807) is 49.6 Å². The molecule has 1 unspecified atom stereocenters. The molecule has 33 heavy (non-hydrogen) atoms. The zero-order chi connectivity index (χ0) is 23.5. The number of aliphatic hydroxyl groups is 1. The van der Waals surface area contributed by atoms with Gasteiger partial charge in [-0.25, -0.2) is 0 Å². The number of aliphatic hydroxyl groups excluding tert-OH is 1. The van der Waals surface area contributed by atoms with Gasteiger partial charge in [0.15, 0.2) is 0 Å². The summed E-state index contributed by atoms with van der Waals surface area (Å²) in [5, 5.41) is 13.3. The van der Waals surface area contributed by atoms with Crippen LogP contribution in [0.5, 0.6) is 17.2 Å². The van der Waals surface area contributed by atoms with Crippen molar-refractivity contribution in [1.29, 1.82) is 0 Å². The monoisotopic (exact) mass is 465 g/mol. The minimum atomic E-state index is -0.783. The highest BCUT2D eigenvalue weighted by atomic mass is 32.1. The number of carbonyl (C=O) groups is 2. The summed E-state index contributed by atoms with van der Waals surface area (Å²) >= 11 is 1.49. The second kappa shape index (κ2) is 9.38. The number of amides is 1. The second-order valence-electron chi connectivity index (χ2n) is 7.35. The summed E-state index contributed by atoms with van der Waals surface area (Å²) in [4.78, 5) is 28.7. The third kappa shape index (κ3) is 4.17. The molecule has 7 nitrogen and oxygen atoms in total. The van der Waals surface area contributed by atoms with Gasteiger partial charge in [0.05, 0.1) is 45.1 Å². The van der Waals surface area contributed by atoms with Crippen LogP contribution in [0.15, 0.2) is 65.6 Å². The molecule has 1 N–H and O–H groups in total. The third-order valence-electron chi connectivity index (χ3n) is 5.54. The fraction of sp³-hybridized carbons (Fsp3) is 0.200. The van der Waals surface area contributed by atoms with E-state index in [2.05, 4.69) is 0 Å². The molecule has 3 aromatic rings. The first-order chi connectivity index (χ1) is 16.0. The van der Waals surface area contributed by atoms with Gasteiger partial charge in [0.2, 0.25) is 0 Å². The molecule has 1 saturated heterocycles. The Kier molecular flexibility index (Phi) is 6.37. The van der Waals surface area contributed by atoms with Crippen molar-refractivity contribution in [3.63, 3.8) is 0 Å². The number of nitrogens with zero attached hydrogens (tertiary/aromatic N) is 1. The molecule has 1 aliphatic rings. The van der Waals surface area contributed by atoms with Crippen LogP contribution in [-0.4, -0.2) is 43.0 Å². The smallest absolute Gasteiger partial charge is 0.295 e. The van der Waals surface area contributed by atoms with E-state index in [9.17, 15) is 14.7 Å². The van der Waals surface area contributed by atoms with E-state index in [1.165, 1.54) is 30.5 Å². The molecule has 8 heteroatoms. The molecule has 1 fully saturated rings. The molecule has 1 aromatic heterocycles. The Hall–Kier alpha value is -3.78. The number of thiophene rings is 1. The molecule has 2 heterocycles. The average Bonchev–Trinajstić information content (AvgIpc) is 3.45. The van der Waals surface area contributed by atoms with Crippen LogP contribution in [0.3, 0.4) is 0 Å². The number of benzene rings is 2. The summed E-state index contributed by atoms with van der Waals surface area (Å²) in [5.74, 6) is -0.276. The number of hydrogen-bond donors (Lipinski definition) is 1. The second-order valence-corrected chi connectivity index (χ2v) is 8.38. The number of ether oxygens (including phenoxy) is 3. The van der Waals surface area contributed by atoms with Crippen LogP contribution in [0.25, 0.3) is 5.76 Å². The maximum Gasteiger partial charge on any atom is 0.295 e. The van der Waals surface area contributed by atoms with Crippen LogP contribution in [0, 0.1) is 0 Å². The fourth-order valence-corrected chi connectivity index (χ4v) is 4.59. The van der Waals surface area contributed by atoms with Gasteiger partial charge in [-0.3, -0.25) is 9.59 Å². The Morgan fingerprint density at radius 3 is 2.27 bits per heavy atom. The number of Topliss-reactive ketones (excluding diaryl/α,β-unsaturated/α-hetero) is 1. The number of ketones is 1. The summed E-state index contributed by atoms with van der Waals surface area (Å²) < 4.78 is 15.9. The number of carbonyl (C=O) groups excluding carboxylic acids is 2. The SMILES string of the molecule is COc1ccc(C2/C(=C(\O)c3cc(OC)ccc3OC)C(=O)C(=O)N2Cc2cccs2)cc1. The molecule has 1 aliphatic heterocycles. The van der Waals surface area contributed by atoms with E-state index in [4.69, 9.17) is 14.2 Å². The zero-order valence-electron chi connectivity index (χ0n) is 18.4. The first kappa shape index (κ1) is 22.4. The van der Waals surface area contributed by atoms with Crippen molar-refractivity contribution in [3.05, 3.63) is 81.6 Å². The molecular weight excluding hydrogens is 442 g/mol. The van der Waals surface area contributed by atoms with E-state index < -0.39 is 17.7 Å². The standard InChI is InChI=1S/C25H23NO6S/c1-30-16-8-6-15(7-9-16)22-21(23(27)19-13-17(31-2)10-11-20(19)32-3)24(28)25(29)26(22)14-18-5-4-12-33-18/h4-13,22,27H,14H2,1-3H3/b23-21+. The van der Waals surface area contributed by atoms with Crippen molar-refractivity contribution in [3.8, 4) is 17.2 Å². The molecule has 0 spiro atoms. The van der Waals surface area contributed by atoms with Gasteiger partial charge in [0, 0.05) is 4.88 Å². The van der Waals surface area contributed by atoms with Gasteiger partial charge in [0.25, 0.3) is 11.7 Å². The normalized spacial score (nSPS) is 17.3. The van der Waals surface area contributed by atoms with Gasteiger partial charge in [-0.1, -0.05) is 18.2 Å². The van der Waals surface area contributed by atoms with Gasteiger partial charge in [-0.2, -0.15) is 0 Å². The van der Waals surface area contributed by atoms with E-state index >= 15 is 0 Å². The first-order valence-electron chi connectivity index (χ1n) is 10.2. The van der Waals surface area contributed by atoms with Crippen molar-refractivity contribution in [1.82, 2.24) is 4.90 Å². The van der Waals surface area contributed by atoms with E-state index in [0.29, 0.717) is 22.8 Å². The zero-order valence-corrected chi connectivity index (χ0v) is 19.2. The first-order valence-corrected chi connectivity index (χ1v) is 11.0. The van der Waals surface area contributed by atoms with Crippen molar-refractivity contribution in [2.45, 2.75) is 12.6 Å². The molecule has 1 atom stereocenters. The summed E-state index contributed by atoms with van der Waals surface area (Å²) in [6.07, 6.45) is 0. The van der Waals surface area contributed by atoms with Gasteiger partial charge in [-0.15, -0.1) is 11.3 Å². The van der Waals surface area contributed by atoms with Gasteiger partial charge >= 0.3 is 0 Å². The van der Waals surface area contributed by atoms with E-state index in [0.717, 1.165) is 4.88 Å². The Labute approximate surface area is 195 Å². The Balaban J connectivity index is 1.90. The third-order valence-corrected chi connectivity index (χ3v) is 6.40. The van der Waals surface area contributed by atoms with Crippen LogP contribution in [-0.2, 0) is 16.1 Å². The van der Waals surface area contributed by atoms with E-state index in [-0.39, 0.29) is 23.4 Å². The molecule has 1 amide bonds. The average molecular weight is 466 g/mol. The fourth-order valence-electron chi connectivity index (χ4n) is 3.89. The summed E-state index contributed by atoms with van der Waals surface area (Å²) in [5.41, 5.74) is 0.938. The highest BCUT2D eigenvalue weighted by Crippen LogP contribution is 2.42. The highest BCUT2D eigenvalue weighted by molar-refractivity contribution is 7.09. The van der Waals surface area contributed by atoms with Crippen LogP contribution in [0.2, 0.25) is 0 Å². The summed E-state index contributed by atoms with van der Waals surface area (Å²) in [7, 11) is 4.53. The molecule has 0 saturated carbocycles. The van der Waals surface area contributed by atoms with Crippen LogP contribution in [0.1, 0.15) is 22.0 Å². The molecule has 4 rings (SSSR count). The van der Waals surface area contributed by atoms with Crippen LogP contribution < -0.4 is 14.2 Å². The largest absolute Gasteiger partial charge is 0.507 e. The van der Waals surface area contributed by atoms with Crippen molar-refractivity contribution < 1.29 is 28.9 Å². The van der Waals surface area contributed by atoms with Crippen molar-refractivity contribution in [2.75, 3.05) is 21.3 Å². The van der Waals surface area contributed by atoms with Gasteiger partial charge < -0.3 is 24.2 Å². The Bertz CT molecular complexity index is 1200. The highest BCUT2D eigenvalue weighted by Gasteiger charge is 2.46. The van der Waals surface area contributed by atoms with Crippen molar-refractivity contribution in [2.24, 2.45) is 0 Å². The summed E-state index contributed by atoms with van der Waals surface area (Å²) in [6, 6.07) is 15.0. The minimum Gasteiger partial charge on any atom is -0.507 e. The Morgan fingerprint density at radius 1 is 0.970 bits per heavy atom. The number of rotatable bonds is 7. The van der Waals surface area contributed by atoms with Crippen molar-refractivity contribution >= 4 is 28.8 Å².